The molecule has 2 aliphatic rings. The van der Waals surface area contributed by atoms with Gasteiger partial charge < -0.3 is 19.5 Å². The van der Waals surface area contributed by atoms with Crippen LogP contribution in [-0.2, 0) is 14.8 Å². The van der Waals surface area contributed by atoms with Crippen LogP contribution in [-0.4, -0.2) is 91.8 Å². The third kappa shape index (κ3) is 4.51. The molecule has 2 aromatic rings. The van der Waals surface area contributed by atoms with Gasteiger partial charge in [0.05, 0.1) is 23.8 Å². The Morgan fingerprint density at radius 1 is 0.969 bits per heavy atom. The van der Waals surface area contributed by atoms with Crippen molar-refractivity contribution in [2.24, 2.45) is 0 Å². The van der Waals surface area contributed by atoms with E-state index in [0.29, 0.717) is 13.2 Å². The van der Waals surface area contributed by atoms with Crippen LogP contribution in [0.15, 0.2) is 35.4 Å². The van der Waals surface area contributed by atoms with Crippen LogP contribution in [0.3, 0.4) is 0 Å². The molecule has 0 spiro atoms. The van der Waals surface area contributed by atoms with Crippen molar-refractivity contribution in [1.29, 1.82) is 0 Å². The third-order valence-corrected chi connectivity index (χ3v) is 7.70. The van der Waals surface area contributed by atoms with Crippen LogP contribution in [0.25, 0.3) is 0 Å². The predicted octanol–water partition coefficient (Wildman–Crippen LogP) is 1.43. The Bertz CT molecular complexity index is 1120. The van der Waals surface area contributed by atoms with E-state index in [-0.39, 0.29) is 72.3 Å². The number of H-pyrrole nitrogens is 1. The fourth-order valence-corrected chi connectivity index (χ4v) is 5.35. The largest absolute Gasteiger partial charge is 0.379 e. The molecule has 3 heterocycles. The summed E-state index contributed by atoms with van der Waals surface area (Å²) in [6.07, 6.45) is 1.31. The SMILES string of the molecule is O=C(c1cc(S(=O)(=O)N2CCOCC2)c[nH]1)N1CCN(C(=O)c2ccc(F)cc2Cl)CC1. The van der Waals surface area contributed by atoms with Crippen LogP contribution in [0.1, 0.15) is 20.8 Å². The lowest BCUT2D eigenvalue weighted by molar-refractivity contribution is 0.0532. The second kappa shape index (κ2) is 9.18. The molecule has 0 radical (unpaired) electrons. The third-order valence-electron chi connectivity index (χ3n) is 5.51. The molecule has 2 fully saturated rings. The molecular formula is C20H22ClFN4O5S. The first kappa shape index (κ1) is 22.7. The van der Waals surface area contributed by atoms with E-state index in [9.17, 15) is 22.4 Å². The first-order chi connectivity index (χ1) is 15.3. The van der Waals surface area contributed by atoms with E-state index in [1.165, 1.54) is 28.7 Å². The van der Waals surface area contributed by atoms with Crippen LogP contribution in [0.4, 0.5) is 4.39 Å². The molecule has 1 aromatic heterocycles. The van der Waals surface area contributed by atoms with Gasteiger partial charge in [-0.25, -0.2) is 12.8 Å². The maximum Gasteiger partial charge on any atom is 0.270 e. The Labute approximate surface area is 189 Å². The van der Waals surface area contributed by atoms with Crippen molar-refractivity contribution in [3.05, 3.63) is 52.6 Å². The number of amides is 2. The molecule has 0 saturated carbocycles. The fourth-order valence-electron chi connectivity index (χ4n) is 3.70. The number of benzene rings is 1. The number of hydrogen-bond donors (Lipinski definition) is 1. The van der Waals surface area contributed by atoms with E-state index in [1.54, 1.807) is 9.80 Å². The van der Waals surface area contributed by atoms with Gasteiger partial charge in [-0.2, -0.15) is 4.31 Å². The first-order valence-electron chi connectivity index (χ1n) is 10.1. The second-order valence-corrected chi connectivity index (χ2v) is 9.82. The number of ether oxygens (including phenoxy) is 1. The number of carbonyl (C=O) groups is 2. The number of sulfonamides is 1. The number of nitrogens with one attached hydrogen (secondary N) is 1. The van der Waals surface area contributed by atoms with Crippen LogP contribution >= 0.6 is 11.6 Å². The average Bonchev–Trinajstić information content (AvgIpc) is 3.30. The van der Waals surface area contributed by atoms with Crippen molar-refractivity contribution in [2.45, 2.75) is 4.90 Å². The molecular weight excluding hydrogens is 463 g/mol. The molecule has 32 heavy (non-hydrogen) atoms. The van der Waals surface area contributed by atoms with Gasteiger partial charge in [0.1, 0.15) is 16.4 Å². The van der Waals surface area contributed by atoms with Gasteiger partial charge in [-0.3, -0.25) is 9.59 Å². The van der Waals surface area contributed by atoms with Crippen molar-refractivity contribution in [3.63, 3.8) is 0 Å². The van der Waals surface area contributed by atoms with E-state index in [2.05, 4.69) is 4.98 Å². The fraction of sp³-hybridized carbons (Fsp3) is 0.400. The van der Waals surface area contributed by atoms with Gasteiger partial charge in [0.2, 0.25) is 10.0 Å². The van der Waals surface area contributed by atoms with Gasteiger partial charge >= 0.3 is 0 Å². The van der Waals surface area contributed by atoms with Crippen LogP contribution in [0.2, 0.25) is 5.02 Å². The zero-order valence-corrected chi connectivity index (χ0v) is 18.7. The summed E-state index contributed by atoms with van der Waals surface area (Å²) in [4.78, 5) is 31.4. The van der Waals surface area contributed by atoms with E-state index < -0.39 is 15.8 Å². The highest BCUT2D eigenvalue weighted by Crippen LogP contribution is 2.21. The molecule has 1 aromatic carbocycles. The van der Waals surface area contributed by atoms with E-state index in [1.807, 2.05) is 0 Å². The summed E-state index contributed by atoms with van der Waals surface area (Å²) >= 11 is 5.98. The summed E-state index contributed by atoms with van der Waals surface area (Å²) < 4.78 is 45.3. The van der Waals surface area contributed by atoms with Gasteiger partial charge in [-0.05, 0) is 24.3 Å². The second-order valence-electron chi connectivity index (χ2n) is 7.47. The maximum absolute atomic E-state index is 13.2. The minimum atomic E-state index is -3.70. The van der Waals surface area contributed by atoms with Crippen molar-refractivity contribution >= 4 is 33.4 Å². The molecule has 12 heteroatoms. The molecule has 1 N–H and O–H groups in total. The van der Waals surface area contributed by atoms with Crippen molar-refractivity contribution in [3.8, 4) is 0 Å². The molecule has 0 unspecified atom stereocenters. The topological polar surface area (TPSA) is 103 Å². The van der Waals surface area contributed by atoms with Gasteiger partial charge in [-0.1, -0.05) is 11.6 Å². The van der Waals surface area contributed by atoms with Gasteiger partial charge in [0, 0.05) is 45.5 Å². The number of morpholine rings is 1. The number of piperazine rings is 1. The lowest BCUT2D eigenvalue weighted by Gasteiger charge is -2.34. The molecule has 9 nitrogen and oxygen atoms in total. The number of carbonyl (C=O) groups excluding carboxylic acids is 2. The standard InChI is InChI=1S/C20H22ClFN4O5S/c21-17-11-14(22)1-2-16(17)19(27)24-3-5-25(6-4-24)20(28)18-12-15(13-23-18)32(29,30)26-7-9-31-10-8-26/h1-2,11-13,23H,3-10H2. The van der Waals surface area contributed by atoms with E-state index >= 15 is 0 Å². The predicted molar refractivity (Wildman–Crippen MR) is 114 cm³/mol. The Balaban J connectivity index is 1.39. The Hall–Kier alpha value is -2.47. The molecule has 0 bridgehead atoms. The van der Waals surface area contributed by atoms with Crippen molar-refractivity contribution < 1.29 is 27.1 Å². The van der Waals surface area contributed by atoms with Gasteiger partial charge in [-0.15, -0.1) is 0 Å². The quantitative estimate of drug-likeness (QED) is 0.707. The zero-order chi connectivity index (χ0) is 22.9. The summed E-state index contributed by atoms with van der Waals surface area (Å²) in [7, 11) is -3.70. The lowest BCUT2D eigenvalue weighted by Crippen LogP contribution is -2.50. The summed E-state index contributed by atoms with van der Waals surface area (Å²) in [5.74, 6) is -1.20. The van der Waals surface area contributed by atoms with Crippen LogP contribution in [0, 0.1) is 5.82 Å². The minimum Gasteiger partial charge on any atom is -0.379 e. The van der Waals surface area contributed by atoms with Crippen molar-refractivity contribution in [1.82, 2.24) is 19.1 Å². The van der Waals surface area contributed by atoms with E-state index in [0.717, 1.165) is 6.07 Å². The molecule has 2 amide bonds. The van der Waals surface area contributed by atoms with Gasteiger partial charge in [0.15, 0.2) is 0 Å². The molecule has 0 aliphatic carbocycles. The zero-order valence-electron chi connectivity index (χ0n) is 17.1. The molecule has 2 saturated heterocycles. The highest BCUT2D eigenvalue weighted by atomic mass is 35.5. The Morgan fingerprint density at radius 3 is 2.22 bits per heavy atom. The smallest absolute Gasteiger partial charge is 0.270 e. The molecule has 2 aliphatic heterocycles. The number of aromatic nitrogens is 1. The van der Waals surface area contributed by atoms with E-state index in [4.69, 9.17) is 16.3 Å². The van der Waals surface area contributed by atoms with Crippen molar-refractivity contribution in [2.75, 3.05) is 52.5 Å². The number of halogens is 2. The molecule has 172 valence electrons. The minimum absolute atomic E-state index is 0.0301. The number of aromatic amines is 1. The first-order valence-corrected chi connectivity index (χ1v) is 11.9. The normalized spacial score (nSPS) is 18.1. The summed E-state index contributed by atoms with van der Waals surface area (Å²) in [5, 5.41) is 0.0360. The highest BCUT2D eigenvalue weighted by Gasteiger charge is 2.30. The monoisotopic (exact) mass is 484 g/mol. The number of rotatable bonds is 4. The summed E-state index contributed by atoms with van der Waals surface area (Å²) in [5.41, 5.74) is 0.369. The van der Waals surface area contributed by atoms with Crippen LogP contribution < -0.4 is 0 Å². The molecule has 0 atom stereocenters. The highest BCUT2D eigenvalue weighted by molar-refractivity contribution is 7.89. The van der Waals surface area contributed by atoms with Gasteiger partial charge in [0.25, 0.3) is 11.8 Å². The summed E-state index contributed by atoms with van der Waals surface area (Å²) in [6, 6.07) is 4.94. The Morgan fingerprint density at radius 2 is 1.59 bits per heavy atom. The Kier molecular flexibility index (Phi) is 6.52. The molecule has 4 rings (SSSR count). The summed E-state index contributed by atoms with van der Waals surface area (Å²) in [6.45, 7) is 2.30. The maximum atomic E-state index is 13.2. The number of hydrogen-bond acceptors (Lipinski definition) is 5. The van der Waals surface area contributed by atoms with Crippen LogP contribution in [0.5, 0.6) is 0 Å². The average molecular weight is 485 g/mol. The number of nitrogens with zero attached hydrogens (tertiary/aromatic N) is 3. The lowest BCUT2D eigenvalue weighted by atomic mass is 10.1.